The smallest absolute Gasteiger partial charge is 0.415 e. The van der Waals surface area contributed by atoms with Gasteiger partial charge in [0.2, 0.25) is 10.0 Å². The van der Waals surface area contributed by atoms with Gasteiger partial charge >= 0.3 is 6.09 Å². The molecule has 0 aromatic heterocycles. The molecule has 0 fully saturated rings. The van der Waals surface area contributed by atoms with E-state index in [0.29, 0.717) is 5.56 Å². The molecule has 0 aliphatic heterocycles. The van der Waals surface area contributed by atoms with Crippen molar-refractivity contribution in [2.24, 2.45) is 5.41 Å². The van der Waals surface area contributed by atoms with Crippen LogP contribution in [0.15, 0.2) is 30.3 Å². The van der Waals surface area contributed by atoms with E-state index in [1.54, 1.807) is 24.3 Å². The van der Waals surface area contributed by atoms with Crippen LogP contribution in [0.1, 0.15) is 26.3 Å². The summed E-state index contributed by atoms with van der Waals surface area (Å²) in [6.07, 6.45) is -0.768. The van der Waals surface area contributed by atoms with Gasteiger partial charge in [-0.05, 0) is 11.0 Å². The minimum absolute atomic E-state index is 0.174. The van der Waals surface area contributed by atoms with Crippen LogP contribution in [0.3, 0.4) is 0 Å². The van der Waals surface area contributed by atoms with Crippen LogP contribution in [0.25, 0.3) is 0 Å². The molecule has 7 heteroatoms. The second-order valence-electron chi connectivity index (χ2n) is 7.79. The Morgan fingerprint density at radius 3 is 2.09 bits per heavy atom. The lowest BCUT2D eigenvalue weighted by Gasteiger charge is -2.33. The molecule has 130 valence electrons. The Hall–Kier alpha value is -1.34. The molecule has 0 aliphatic rings. The molecule has 1 aromatic carbocycles. The van der Waals surface area contributed by atoms with Gasteiger partial charge in [-0.25, -0.2) is 17.2 Å². The highest BCUT2D eigenvalue weighted by Crippen LogP contribution is 2.22. The van der Waals surface area contributed by atoms with Gasteiger partial charge in [0.25, 0.3) is 0 Å². The monoisotopic (exact) mass is 357 g/mol. The number of amides is 1. The van der Waals surface area contributed by atoms with Crippen LogP contribution in [0.2, 0.25) is 19.6 Å². The van der Waals surface area contributed by atoms with Gasteiger partial charge in [0.15, 0.2) is 8.24 Å². The second kappa shape index (κ2) is 7.05. The molecular formula is C16H27NO4SSi. The molecule has 0 saturated heterocycles. The molecule has 0 aliphatic carbocycles. The fourth-order valence-corrected chi connectivity index (χ4v) is 7.16. The Morgan fingerprint density at radius 2 is 1.65 bits per heavy atom. The Bertz CT molecular complexity index is 630. The zero-order valence-corrected chi connectivity index (χ0v) is 16.6. The van der Waals surface area contributed by atoms with Crippen LogP contribution < -0.4 is 0 Å². The van der Waals surface area contributed by atoms with Gasteiger partial charge in [-0.3, -0.25) is 0 Å². The van der Waals surface area contributed by atoms with Crippen LogP contribution in [-0.4, -0.2) is 33.3 Å². The number of hydrogen-bond acceptors (Lipinski definition) is 4. The number of rotatable bonds is 5. The summed E-state index contributed by atoms with van der Waals surface area (Å²) < 4.78 is 31.8. The summed E-state index contributed by atoms with van der Waals surface area (Å²) >= 11 is 0. The summed E-state index contributed by atoms with van der Waals surface area (Å²) in [7, 11) is -6.24. The number of hydrogen-bond donors (Lipinski definition) is 0. The zero-order chi connectivity index (χ0) is 17.9. The molecule has 0 N–H and O–H groups in total. The van der Waals surface area contributed by atoms with Gasteiger partial charge in [0.1, 0.15) is 0 Å². The average molecular weight is 358 g/mol. The molecule has 0 saturated carbocycles. The van der Waals surface area contributed by atoms with Crippen molar-refractivity contribution in [3.05, 3.63) is 35.9 Å². The van der Waals surface area contributed by atoms with Crippen molar-refractivity contribution < 1.29 is 17.9 Å². The van der Waals surface area contributed by atoms with Gasteiger partial charge in [0.05, 0.1) is 12.4 Å². The van der Waals surface area contributed by atoms with Crippen LogP contribution in [0, 0.1) is 5.41 Å². The quantitative estimate of drug-likeness (QED) is 0.751. The Balaban J connectivity index is 3.04. The molecule has 0 unspecified atom stereocenters. The van der Waals surface area contributed by atoms with Crippen LogP contribution in [0.4, 0.5) is 4.79 Å². The maximum atomic E-state index is 12.8. The van der Waals surface area contributed by atoms with E-state index in [4.69, 9.17) is 4.74 Å². The summed E-state index contributed by atoms with van der Waals surface area (Å²) in [5.74, 6) is -0.206. The number of ether oxygens (including phenoxy) is 1. The maximum Gasteiger partial charge on any atom is 0.415 e. The molecular weight excluding hydrogens is 330 g/mol. The first-order valence-corrected chi connectivity index (χ1v) is 12.6. The van der Waals surface area contributed by atoms with Gasteiger partial charge in [0, 0.05) is 0 Å². The normalized spacial score (nSPS) is 12.8. The van der Waals surface area contributed by atoms with E-state index in [0.717, 1.165) is 3.97 Å². The molecule has 0 bridgehead atoms. The topological polar surface area (TPSA) is 63.7 Å². The summed E-state index contributed by atoms with van der Waals surface area (Å²) in [6.45, 7) is 11.4. The zero-order valence-electron chi connectivity index (χ0n) is 14.8. The third-order valence-corrected chi connectivity index (χ3v) is 8.16. The van der Waals surface area contributed by atoms with Gasteiger partial charge in [-0.2, -0.15) is 0 Å². The minimum Gasteiger partial charge on any atom is -0.449 e. The molecule has 0 atom stereocenters. The fraction of sp³-hybridized carbons (Fsp3) is 0.562. The standard InChI is InChI=1S/C16H27NO4SSi/c1-16(2,3)13-21-15(18)17(23(4,5)6)22(19,20)12-14-10-8-7-9-11-14/h7-11H,12-13H2,1-6H3. The van der Waals surface area contributed by atoms with Crippen molar-refractivity contribution in [1.82, 2.24) is 3.97 Å². The molecule has 0 heterocycles. The van der Waals surface area contributed by atoms with Crippen molar-refractivity contribution in [2.75, 3.05) is 6.61 Å². The maximum absolute atomic E-state index is 12.8. The lowest BCUT2D eigenvalue weighted by molar-refractivity contribution is 0.0993. The first-order chi connectivity index (χ1) is 10.3. The molecule has 1 amide bonds. The van der Waals surface area contributed by atoms with Crippen molar-refractivity contribution in [2.45, 2.75) is 46.2 Å². The SMILES string of the molecule is CC(C)(C)COC(=O)N([Si](C)(C)C)S(=O)(=O)Cc1ccccc1. The number of carbonyl (C=O) groups excluding carboxylic acids is 1. The van der Waals surface area contributed by atoms with Gasteiger partial charge in [-0.15, -0.1) is 0 Å². The van der Waals surface area contributed by atoms with Crippen molar-refractivity contribution in [1.29, 1.82) is 0 Å². The third kappa shape index (κ3) is 6.35. The van der Waals surface area contributed by atoms with Crippen LogP contribution in [-0.2, 0) is 20.5 Å². The molecule has 1 rings (SSSR count). The van der Waals surface area contributed by atoms with E-state index in [-0.39, 0.29) is 17.8 Å². The van der Waals surface area contributed by atoms with E-state index in [2.05, 4.69) is 0 Å². The summed E-state index contributed by atoms with van der Waals surface area (Å²) in [4.78, 5) is 12.4. The lowest BCUT2D eigenvalue weighted by Crippen LogP contribution is -2.53. The first kappa shape index (κ1) is 19.7. The van der Waals surface area contributed by atoms with Crippen molar-refractivity contribution in [3.63, 3.8) is 0 Å². The van der Waals surface area contributed by atoms with E-state index in [9.17, 15) is 13.2 Å². The van der Waals surface area contributed by atoms with Crippen LogP contribution in [0.5, 0.6) is 0 Å². The Labute approximate surface area is 140 Å². The second-order valence-corrected chi connectivity index (χ2v) is 14.7. The Kier molecular flexibility index (Phi) is 6.04. The van der Waals surface area contributed by atoms with E-state index < -0.39 is 24.4 Å². The minimum atomic E-state index is -3.78. The van der Waals surface area contributed by atoms with Gasteiger partial charge in [-0.1, -0.05) is 70.7 Å². The first-order valence-electron chi connectivity index (χ1n) is 7.57. The predicted molar refractivity (Wildman–Crippen MR) is 95.1 cm³/mol. The van der Waals surface area contributed by atoms with Crippen molar-refractivity contribution in [3.8, 4) is 0 Å². The number of carbonyl (C=O) groups is 1. The van der Waals surface area contributed by atoms with Gasteiger partial charge < -0.3 is 4.74 Å². The molecule has 23 heavy (non-hydrogen) atoms. The molecule has 1 aromatic rings. The number of benzene rings is 1. The average Bonchev–Trinajstić information content (AvgIpc) is 2.34. The fourth-order valence-electron chi connectivity index (χ4n) is 1.99. The third-order valence-electron chi connectivity index (χ3n) is 2.87. The highest BCUT2D eigenvalue weighted by atomic mass is 32.2. The molecule has 5 nitrogen and oxygen atoms in total. The predicted octanol–water partition coefficient (Wildman–Crippen LogP) is 3.84. The highest BCUT2D eigenvalue weighted by molar-refractivity contribution is 7.90. The number of nitrogens with zero attached hydrogens (tertiary/aromatic N) is 1. The highest BCUT2D eigenvalue weighted by Gasteiger charge is 2.40. The summed E-state index contributed by atoms with van der Waals surface area (Å²) in [6, 6.07) is 8.86. The van der Waals surface area contributed by atoms with E-state index in [1.165, 1.54) is 0 Å². The summed E-state index contributed by atoms with van der Waals surface area (Å²) in [5, 5.41) is 0. The van der Waals surface area contributed by atoms with E-state index >= 15 is 0 Å². The summed E-state index contributed by atoms with van der Waals surface area (Å²) in [5.41, 5.74) is 0.434. The Morgan fingerprint density at radius 1 is 1.13 bits per heavy atom. The lowest BCUT2D eigenvalue weighted by atomic mass is 9.99. The largest absolute Gasteiger partial charge is 0.449 e. The molecule has 0 spiro atoms. The van der Waals surface area contributed by atoms with E-state index in [1.807, 2.05) is 46.5 Å². The van der Waals surface area contributed by atoms with Crippen LogP contribution >= 0.6 is 0 Å². The number of sulfonamides is 1. The van der Waals surface area contributed by atoms with Crippen molar-refractivity contribution >= 4 is 24.4 Å². The molecule has 0 radical (unpaired) electrons.